The van der Waals surface area contributed by atoms with Gasteiger partial charge in [-0.1, -0.05) is 31.2 Å². The highest BCUT2D eigenvalue weighted by atomic mass is 79.9. The SMILES string of the molecule is CCc1ccc(CC(NN)c2ccc(Br)o2)cc1. The molecule has 0 aliphatic heterocycles. The minimum absolute atomic E-state index is 0.0104. The van der Waals surface area contributed by atoms with Crippen molar-refractivity contribution in [1.82, 2.24) is 5.43 Å². The summed E-state index contributed by atoms with van der Waals surface area (Å²) < 4.78 is 6.25. The van der Waals surface area contributed by atoms with Crippen molar-refractivity contribution in [2.24, 2.45) is 5.84 Å². The summed E-state index contributed by atoms with van der Waals surface area (Å²) in [6.45, 7) is 2.15. The van der Waals surface area contributed by atoms with Crippen LogP contribution in [0.5, 0.6) is 0 Å². The lowest BCUT2D eigenvalue weighted by molar-refractivity contribution is 0.404. The Hall–Kier alpha value is -1.10. The van der Waals surface area contributed by atoms with Crippen LogP contribution in [0.1, 0.15) is 29.9 Å². The van der Waals surface area contributed by atoms with E-state index in [1.165, 1.54) is 11.1 Å². The summed E-state index contributed by atoms with van der Waals surface area (Å²) in [6.07, 6.45) is 1.87. The molecule has 4 heteroatoms. The van der Waals surface area contributed by atoms with Gasteiger partial charge >= 0.3 is 0 Å². The first-order valence-corrected chi connectivity index (χ1v) is 6.81. The molecule has 2 rings (SSSR count). The Labute approximate surface area is 115 Å². The summed E-state index contributed by atoms with van der Waals surface area (Å²) >= 11 is 3.30. The second-order valence-electron chi connectivity index (χ2n) is 4.24. The smallest absolute Gasteiger partial charge is 0.169 e. The van der Waals surface area contributed by atoms with Crippen LogP contribution in [0.4, 0.5) is 0 Å². The number of nitrogens with one attached hydrogen (secondary N) is 1. The van der Waals surface area contributed by atoms with Crippen LogP contribution in [0, 0.1) is 0 Å². The topological polar surface area (TPSA) is 51.2 Å². The Kier molecular flexibility index (Phi) is 4.58. The van der Waals surface area contributed by atoms with Gasteiger partial charge in [0, 0.05) is 0 Å². The van der Waals surface area contributed by atoms with Crippen LogP contribution in [-0.2, 0) is 12.8 Å². The molecule has 0 aliphatic rings. The molecular weight excluding hydrogens is 292 g/mol. The molecule has 1 unspecified atom stereocenters. The van der Waals surface area contributed by atoms with E-state index in [2.05, 4.69) is 52.5 Å². The zero-order valence-electron chi connectivity index (χ0n) is 10.3. The fourth-order valence-corrected chi connectivity index (χ4v) is 2.22. The molecule has 1 aromatic carbocycles. The van der Waals surface area contributed by atoms with Crippen LogP contribution < -0.4 is 11.3 Å². The van der Waals surface area contributed by atoms with E-state index in [0.717, 1.165) is 23.3 Å². The van der Waals surface area contributed by atoms with Crippen molar-refractivity contribution in [1.29, 1.82) is 0 Å². The highest BCUT2D eigenvalue weighted by Gasteiger charge is 2.14. The molecule has 3 N–H and O–H groups in total. The monoisotopic (exact) mass is 308 g/mol. The second-order valence-corrected chi connectivity index (χ2v) is 5.02. The standard InChI is InChI=1S/C14H17BrN2O/c1-2-10-3-5-11(6-4-10)9-12(17-16)13-7-8-14(15)18-13/h3-8,12,17H,2,9,16H2,1H3. The molecule has 3 nitrogen and oxygen atoms in total. The summed E-state index contributed by atoms with van der Waals surface area (Å²) in [5, 5.41) is 0. The number of nitrogens with two attached hydrogens (primary N) is 1. The number of hydrogen-bond donors (Lipinski definition) is 2. The average molecular weight is 309 g/mol. The number of rotatable bonds is 5. The summed E-state index contributed by atoms with van der Waals surface area (Å²) in [5.41, 5.74) is 5.38. The van der Waals surface area contributed by atoms with Crippen LogP contribution in [0.25, 0.3) is 0 Å². The third kappa shape index (κ3) is 3.22. The minimum atomic E-state index is -0.0104. The molecular formula is C14H17BrN2O. The number of hydrogen-bond acceptors (Lipinski definition) is 3. The van der Waals surface area contributed by atoms with Crippen LogP contribution in [0.3, 0.4) is 0 Å². The normalized spacial score (nSPS) is 12.6. The maximum atomic E-state index is 5.59. The number of halogens is 1. The van der Waals surface area contributed by atoms with E-state index >= 15 is 0 Å². The number of furan rings is 1. The van der Waals surface area contributed by atoms with Gasteiger partial charge in [0.2, 0.25) is 0 Å². The molecule has 0 saturated heterocycles. The molecule has 1 heterocycles. The van der Waals surface area contributed by atoms with Gasteiger partial charge in [-0.15, -0.1) is 0 Å². The van der Waals surface area contributed by atoms with Gasteiger partial charge in [-0.3, -0.25) is 5.84 Å². The minimum Gasteiger partial charge on any atom is -0.453 e. The molecule has 1 aromatic heterocycles. The quantitative estimate of drug-likeness (QED) is 0.658. The zero-order valence-corrected chi connectivity index (χ0v) is 11.9. The Bertz CT molecular complexity index is 493. The van der Waals surface area contributed by atoms with Gasteiger partial charge in [0.1, 0.15) is 5.76 Å². The first kappa shape index (κ1) is 13.3. The van der Waals surface area contributed by atoms with E-state index in [4.69, 9.17) is 10.3 Å². The Morgan fingerprint density at radius 2 is 1.83 bits per heavy atom. The first-order valence-electron chi connectivity index (χ1n) is 6.02. The average Bonchev–Trinajstić information content (AvgIpc) is 2.83. The van der Waals surface area contributed by atoms with Crippen molar-refractivity contribution in [3.8, 4) is 0 Å². The molecule has 2 aromatic rings. The fraction of sp³-hybridized carbons (Fsp3) is 0.286. The molecule has 0 radical (unpaired) electrons. The van der Waals surface area contributed by atoms with Gasteiger partial charge in [0.15, 0.2) is 4.67 Å². The zero-order chi connectivity index (χ0) is 13.0. The molecule has 0 spiro atoms. The Morgan fingerprint density at radius 1 is 1.17 bits per heavy atom. The van der Waals surface area contributed by atoms with Crippen molar-refractivity contribution >= 4 is 15.9 Å². The molecule has 18 heavy (non-hydrogen) atoms. The van der Waals surface area contributed by atoms with E-state index in [1.807, 2.05) is 12.1 Å². The largest absolute Gasteiger partial charge is 0.453 e. The molecule has 96 valence electrons. The molecule has 0 fully saturated rings. The van der Waals surface area contributed by atoms with Crippen LogP contribution >= 0.6 is 15.9 Å². The summed E-state index contributed by atoms with van der Waals surface area (Å²) in [7, 11) is 0. The summed E-state index contributed by atoms with van der Waals surface area (Å²) in [4.78, 5) is 0. The maximum Gasteiger partial charge on any atom is 0.169 e. The van der Waals surface area contributed by atoms with Crippen molar-refractivity contribution in [2.45, 2.75) is 25.8 Å². The predicted octanol–water partition coefficient (Wildman–Crippen LogP) is 3.35. The van der Waals surface area contributed by atoms with Crippen LogP contribution in [0.2, 0.25) is 0 Å². The third-order valence-corrected chi connectivity index (χ3v) is 3.44. The van der Waals surface area contributed by atoms with Gasteiger partial charge in [-0.05, 0) is 52.0 Å². The number of hydrazine groups is 1. The highest BCUT2D eigenvalue weighted by molar-refractivity contribution is 9.10. The van der Waals surface area contributed by atoms with Crippen molar-refractivity contribution in [3.05, 3.63) is 58.0 Å². The molecule has 1 atom stereocenters. The van der Waals surface area contributed by atoms with Gasteiger partial charge in [-0.25, -0.2) is 5.43 Å². The fourth-order valence-electron chi connectivity index (χ4n) is 1.90. The molecule has 0 saturated carbocycles. The number of aryl methyl sites for hydroxylation is 1. The predicted molar refractivity (Wildman–Crippen MR) is 76.0 cm³/mol. The van der Waals surface area contributed by atoms with Gasteiger partial charge < -0.3 is 4.42 Å². The maximum absolute atomic E-state index is 5.59. The van der Waals surface area contributed by atoms with E-state index in [-0.39, 0.29) is 6.04 Å². The number of benzene rings is 1. The van der Waals surface area contributed by atoms with E-state index in [0.29, 0.717) is 0 Å². The summed E-state index contributed by atoms with van der Waals surface area (Å²) in [6, 6.07) is 12.4. The lowest BCUT2D eigenvalue weighted by Crippen LogP contribution is -2.29. The van der Waals surface area contributed by atoms with Gasteiger partial charge in [-0.2, -0.15) is 0 Å². The van der Waals surface area contributed by atoms with Crippen molar-refractivity contribution in [2.75, 3.05) is 0 Å². The van der Waals surface area contributed by atoms with Crippen LogP contribution in [0.15, 0.2) is 45.5 Å². The lowest BCUT2D eigenvalue weighted by atomic mass is 10.0. The summed E-state index contributed by atoms with van der Waals surface area (Å²) in [5.74, 6) is 6.43. The molecule has 0 amide bonds. The first-order chi connectivity index (χ1) is 8.72. The van der Waals surface area contributed by atoms with E-state index in [1.54, 1.807) is 0 Å². The molecule has 0 bridgehead atoms. The van der Waals surface area contributed by atoms with Gasteiger partial charge in [0.25, 0.3) is 0 Å². The van der Waals surface area contributed by atoms with Crippen LogP contribution in [-0.4, -0.2) is 0 Å². The van der Waals surface area contributed by atoms with E-state index in [9.17, 15) is 0 Å². The van der Waals surface area contributed by atoms with Crippen molar-refractivity contribution in [3.63, 3.8) is 0 Å². The highest BCUT2D eigenvalue weighted by Crippen LogP contribution is 2.23. The van der Waals surface area contributed by atoms with E-state index < -0.39 is 0 Å². The third-order valence-electron chi connectivity index (χ3n) is 3.01. The Balaban J connectivity index is 2.10. The lowest BCUT2D eigenvalue weighted by Gasteiger charge is -2.13. The molecule has 0 aliphatic carbocycles. The van der Waals surface area contributed by atoms with Gasteiger partial charge in [0.05, 0.1) is 6.04 Å². The Morgan fingerprint density at radius 3 is 2.33 bits per heavy atom. The van der Waals surface area contributed by atoms with Crippen molar-refractivity contribution < 1.29 is 4.42 Å². The second kappa shape index (κ2) is 6.18.